The van der Waals surface area contributed by atoms with E-state index in [9.17, 15) is 29.1 Å². The lowest BCUT2D eigenvalue weighted by atomic mass is 10.0. The van der Waals surface area contributed by atoms with Crippen LogP contribution in [0.5, 0.6) is 0 Å². The summed E-state index contributed by atoms with van der Waals surface area (Å²) in [6, 6.07) is -4.59. The molecule has 4 unspecified atom stereocenters. The summed E-state index contributed by atoms with van der Waals surface area (Å²) in [6.45, 7) is 7.04. The van der Waals surface area contributed by atoms with E-state index >= 15 is 0 Å². The van der Waals surface area contributed by atoms with Gasteiger partial charge in [-0.25, -0.2) is 4.79 Å². The van der Waals surface area contributed by atoms with Crippen molar-refractivity contribution in [2.45, 2.75) is 64.7 Å². The number of hydrogen-bond acceptors (Lipinski definition) is 7. The number of nitrogens with one attached hydrogen (secondary N) is 3. The Morgan fingerprint density at radius 2 is 1.33 bits per heavy atom. The maximum atomic E-state index is 12.6. The topological polar surface area (TPSA) is 194 Å². The summed E-state index contributed by atoms with van der Waals surface area (Å²) in [4.78, 5) is 59.8. The van der Waals surface area contributed by atoms with Crippen molar-refractivity contribution in [1.82, 2.24) is 16.0 Å². The molecule has 0 saturated carbocycles. The van der Waals surface area contributed by atoms with Gasteiger partial charge in [0.05, 0.1) is 12.5 Å². The van der Waals surface area contributed by atoms with Crippen LogP contribution in [0, 0.1) is 11.8 Å². The first-order valence-corrected chi connectivity index (χ1v) is 10.2. The van der Waals surface area contributed by atoms with E-state index in [1.807, 2.05) is 0 Å². The lowest BCUT2D eigenvalue weighted by Crippen LogP contribution is -2.58. The normalized spacial score (nSPS) is 15.1. The molecular formula is C18H33N5O6S. The van der Waals surface area contributed by atoms with Crippen LogP contribution in [-0.4, -0.2) is 64.6 Å². The van der Waals surface area contributed by atoms with Crippen molar-refractivity contribution < 1.29 is 29.1 Å². The first kappa shape index (κ1) is 27.7. The van der Waals surface area contributed by atoms with Crippen LogP contribution in [0.4, 0.5) is 0 Å². The van der Waals surface area contributed by atoms with Gasteiger partial charge in [0.1, 0.15) is 18.1 Å². The average Bonchev–Trinajstić information content (AvgIpc) is 2.62. The SMILES string of the molecule is CC(C)CC(NC(=O)C(CS)NC(=O)C(CC(N)=O)NC(=O)C(N)C(C)C)C(=O)O. The van der Waals surface area contributed by atoms with Gasteiger partial charge in [-0.05, 0) is 18.3 Å². The van der Waals surface area contributed by atoms with Crippen LogP contribution in [0.1, 0.15) is 40.5 Å². The Morgan fingerprint density at radius 3 is 1.73 bits per heavy atom. The number of primary amides is 1. The molecule has 0 aliphatic rings. The van der Waals surface area contributed by atoms with E-state index in [1.54, 1.807) is 27.7 Å². The molecule has 0 heterocycles. The van der Waals surface area contributed by atoms with Gasteiger partial charge < -0.3 is 32.5 Å². The van der Waals surface area contributed by atoms with Crippen LogP contribution in [0.15, 0.2) is 0 Å². The Balaban J connectivity index is 5.27. The van der Waals surface area contributed by atoms with Gasteiger partial charge in [-0.2, -0.15) is 12.6 Å². The molecule has 12 heteroatoms. The van der Waals surface area contributed by atoms with Crippen molar-refractivity contribution in [3.05, 3.63) is 0 Å². The summed E-state index contributed by atoms with van der Waals surface area (Å²) < 4.78 is 0. The number of carbonyl (C=O) groups is 5. The smallest absolute Gasteiger partial charge is 0.326 e. The van der Waals surface area contributed by atoms with Gasteiger partial charge in [0.15, 0.2) is 0 Å². The summed E-state index contributed by atoms with van der Waals surface area (Å²) in [7, 11) is 0. The quantitative estimate of drug-likeness (QED) is 0.164. The van der Waals surface area contributed by atoms with E-state index in [4.69, 9.17) is 11.5 Å². The Bertz CT molecular complexity index is 643. The molecule has 4 atom stereocenters. The molecule has 0 radical (unpaired) electrons. The van der Waals surface area contributed by atoms with Gasteiger partial charge >= 0.3 is 5.97 Å². The molecule has 0 bridgehead atoms. The van der Waals surface area contributed by atoms with E-state index in [1.165, 1.54) is 0 Å². The molecule has 0 aliphatic carbocycles. The monoisotopic (exact) mass is 447 g/mol. The van der Waals surface area contributed by atoms with Crippen molar-refractivity contribution in [2.75, 3.05) is 5.75 Å². The van der Waals surface area contributed by atoms with E-state index in [0.29, 0.717) is 0 Å². The fraction of sp³-hybridized carbons (Fsp3) is 0.722. The summed E-state index contributed by atoms with van der Waals surface area (Å²) in [5.41, 5.74) is 10.9. The minimum atomic E-state index is -1.35. The van der Waals surface area contributed by atoms with Crippen molar-refractivity contribution in [3.63, 3.8) is 0 Å². The highest BCUT2D eigenvalue weighted by molar-refractivity contribution is 7.80. The Hall–Kier alpha value is -2.34. The van der Waals surface area contributed by atoms with Crippen molar-refractivity contribution in [1.29, 1.82) is 0 Å². The van der Waals surface area contributed by atoms with Gasteiger partial charge in [0.25, 0.3) is 0 Å². The number of hydrogen-bond donors (Lipinski definition) is 7. The summed E-state index contributed by atoms with van der Waals surface area (Å²) in [6.07, 6.45) is -0.309. The number of amides is 4. The maximum Gasteiger partial charge on any atom is 0.326 e. The number of carbonyl (C=O) groups excluding carboxylic acids is 4. The number of carboxylic acid groups (broad SMARTS) is 1. The predicted octanol–water partition coefficient (Wildman–Crippen LogP) is -1.64. The Morgan fingerprint density at radius 1 is 0.867 bits per heavy atom. The molecule has 0 aromatic heterocycles. The number of carboxylic acids is 1. The van der Waals surface area contributed by atoms with Gasteiger partial charge in [-0.15, -0.1) is 0 Å². The molecule has 0 aliphatic heterocycles. The second kappa shape index (κ2) is 13.1. The van der Waals surface area contributed by atoms with Crippen LogP contribution < -0.4 is 27.4 Å². The summed E-state index contributed by atoms with van der Waals surface area (Å²) in [5.74, 6) is -4.65. The first-order chi connectivity index (χ1) is 13.8. The molecule has 0 spiro atoms. The third-order valence-electron chi connectivity index (χ3n) is 4.20. The minimum Gasteiger partial charge on any atom is -0.480 e. The first-order valence-electron chi connectivity index (χ1n) is 9.58. The molecule has 11 nitrogen and oxygen atoms in total. The lowest BCUT2D eigenvalue weighted by molar-refractivity contribution is -0.142. The Kier molecular flexibility index (Phi) is 12.0. The van der Waals surface area contributed by atoms with Gasteiger partial charge in [-0.3, -0.25) is 19.2 Å². The molecule has 172 valence electrons. The summed E-state index contributed by atoms with van der Waals surface area (Å²) in [5, 5.41) is 16.3. The highest BCUT2D eigenvalue weighted by Crippen LogP contribution is 2.06. The predicted molar refractivity (Wildman–Crippen MR) is 113 cm³/mol. The molecular weight excluding hydrogens is 414 g/mol. The standard InChI is InChI=1S/C18H33N5O6S/c1-8(2)5-11(18(28)29)22-16(26)12(7-30)23-15(25)10(6-13(19)24)21-17(27)14(20)9(3)4/h8-12,14,30H,5-7,20H2,1-4H3,(H2,19,24)(H,21,27)(H,22,26)(H,23,25)(H,28,29). The van der Waals surface area contributed by atoms with Crippen LogP contribution in [0.3, 0.4) is 0 Å². The highest BCUT2D eigenvalue weighted by Gasteiger charge is 2.31. The maximum absolute atomic E-state index is 12.6. The third-order valence-corrected chi connectivity index (χ3v) is 4.56. The zero-order valence-electron chi connectivity index (χ0n) is 17.7. The minimum absolute atomic E-state index is 0.00997. The fourth-order valence-electron chi connectivity index (χ4n) is 2.41. The Labute approximate surface area is 181 Å². The van der Waals surface area contributed by atoms with Gasteiger partial charge in [0.2, 0.25) is 23.6 Å². The van der Waals surface area contributed by atoms with Gasteiger partial charge in [0, 0.05) is 5.75 Å². The van der Waals surface area contributed by atoms with Crippen LogP contribution >= 0.6 is 12.6 Å². The largest absolute Gasteiger partial charge is 0.480 e. The second-order valence-electron chi connectivity index (χ2n) is 7.77. The highest BCUT2D eigenvalue weighted by atomic mass is 32.1. The number of nitrogens with two attached hydrogens (primary N) is 2. The van der Waals surface area contributed by atoms with Crippen molar-refractivity contribution in [3.8, 4) is 0 Å². The van der Waals surface area contributed by atoms with E-state index in [2.05, 4.69) is 28.6 Å². The third kappa shape index (κ3) is 9.92. The number of rotatable bonds is 13. The van der Waals surface area contributed by atoms with E-state index in [-0.39, 0.29) is 24.0 Å². The van der Waals surface area contributed by atoms with Crippen molar-refractivity contribution in [2.24, 2.45) is 23.3 Å². The van der Waals surface area contributed by atoms with Crippen LogP contribution in [-0.2, 0) is 24.0 Å². The van der Waals surface area contributed by atoms with Gasteiger partial charge in [-0.1, -0.05) is 27.7 Å². The van der Waals surface area contributed by atoms with E-state index < -0.39 is 60.2 Å². The second-order valence-corrected chi connectivity index (χ2v) is 8.14. The average molecular weight is 448 g/mol. The molecule has 30 heavy (non-hydrogen) atoms. The zero-order valence-corrected chi connectivity index (χ0v) is 18.6. The van der Waals surface area contributed by atoms with Crippen LogP contribution in [0.25, 0.3) is 0 Å². The van der Waals surface area contributed by atoms with Crippen molar-refractivity contribution >= 4 is 42.2 Å². The molecule has 0 aromatic rings. The zero-order chi connectivity index (χ0) is 23.6. The lowest BCUT2D eigenvalue weighted by Gasteiger charge is -2.25. The fourth-order valence-corrected chi connectivity index (χ4v) is 2.67. The number of aliphatic carboxylic acids is 1. The molecule has 8 N–H and O–H groups in total. The molecule has 0 fully saturated rings. The summed E-state index contributed by atoms with van der Waals surface area (Å²) >= 11 is 4.02. The molecule has 4 amide bonds. The molecule has 0 rings (SSSR count). The van der Waals surface area contributed by atoms with E-state index in [0.717, 1.165) is 0 Å². The number of thiol groups is 1. The van der Waals surface area contributed by atoms with Crippen LogP contribution in [0.2, 0.25) is 0 Å². The molecule has 0 aromatic carbocycles. The molecule has 0 saturated heterocycles.